The number of hydrogen-bond acceptors (Lipinski definition) is 5. The molecule has 0 bridgehead atoms. The van der Waals surface area contributed by atoms with Gasteiger partial charge in [-0.15, -0.1) is 0 Å². The molecule has 0 spiro atoms. The maximum absolute atomic E-state index is 13.1. The Morgan fingerprint density at radius 2 is 1.81 bits per heavy atom. The van der Waals surface area contributed by atoms with Crippen LogP contribution in [0, 0.1) is 0 Å². The zero-order valence-electron chi connectivity index (χ0n) is 18.5. The Labute approximate surface area is 184 Å². The lowest BCUT2D eigenvalue weighted by Gasteiger charge is -2.25. The van der Waals surface area contributed by atoms with E-state index in [0.717, 1.165) is 31.6 Å². The SMILES string of the molecule is CCN(CC)C(=O)CN1CCCN(C(=O)c2ccnc(OCc3ccccc3)c2)CC1. The molecule has 7 heteroatoms. The monoisotopic (exact) mass is 424 g/mol. The molecule has 31 heavy (non-hydrogen) atoms. The Bertz CT molecular complexity index is 855. The number of rotatable bonds is 8. The molecule has 3 rings (SSSR count). The van der Waals surface area contributed by atoms with E-state index in [2.05, 4.69) is 9.88 Å². The molecular formula is C24H32N4O3. The fourth-order valence-corrected chi connectivity index (χ4v) is 3.74. The molecule has 1 aromatic heterocycles. The summed E-state index contributed by atoms with van der Waals surface area (Å²) in [5.41, 5.74) is 1.62. The largest absolute Gasteiger partial charge is 0.473 e. The predicted molar refractivity (Wildman–Crippen MR) is 120 cm³/mol. The number of hydrogen-bond donors (Lipinski definition) is 0. The van der Waals surface area contributed by atoms with Crippen LogP contribution in [0.5, 0.6) is 5.88 Å². The number of carbonyl (C=O) groups excluding carboxylic acids is 2. The van der Waals surface area contributed by atoms with Crippen LogP contribution in [-0.4, -0.2) is 77.3 Å². The lowest BCUT2D eigenvalue weighted by Crippen LogP contribution is -2.42. The molecule has 0 unspecified atom stereocenters. The standard InChI is InChI=1S/C24H32N4O3/c1-3-27(4-2)23(29)18-26-13-8-14-28(16-15-26)24(30)21-11-12-25-22(17-21)31-19-20-9-6-5-7-10-20/h5-7,9-12,17H,3-4,8,13-16,18-19H2,1-2H3. The maximum Gasteiger partial charge on any atom is 0.254 e. The second-order valence-electron chi connectivity index (χ2n) is 7.64. The van der Waals surface area contributed by atoms with Gasteiger partial charge in [-0.05, 0) is 31.9 Å². The zero-order valence-corrected chi connectivity index (χ0v) is 18.5. The average molecular weight is 425 g/mol. The smallest absolute Gasteiger partial charge is 0.254 e. The molecule has 1 aromatic carbocycles. The van der Waals surface area contributed by atoms with Gasteiger partial charge in [0.1, 0.15) is 6.61 Å². The highest BCUT2D eigenvalue weighted by atomic mass is 16.5. The van der Waals surface area contributed by atoms with Crippen molar-refractivity contribution in [2.24, 2.45) is 0 Å². The molecule has 0 saturated carbocycles. The van der Waals surface area contributed by atoms with Crippen molar-refractivity contribution in [1.29, 1.82) is 0 Å². The summed E-state index contributed by atoms with van der Waals surface area (Å²) >= 11 is 0. The Morgan fingerprint density at radius 1 is 1.03 bits per heavy atom. The van der Waals surface area contributed by atoms with E-state index in [1.807, 2.05) is 54.0 Å². The third-order valence-electron chi connectivity index (χ3n) is 5.56. The van der Waals surface area contributed by atoms with E-state index in [9.17, 15) is 9.59 Å². The Morgan fingerprint density at radius 3 is 2.55 bits per heavy atom. The lowest BCUT2D eigenvalue weighted by atomic mass is 10.2. The first-order chi connectivity index (χ1) is 15.1. The first-order valence-electron chi connectivity index (χ1n) is 11.0. The molecule has 1 aliphatic rings. The van der Waals surface area contributed by atoms with E-state index >= 15 is 0 Å². The van der Waals surface area contributed by atoms with Gasteiger partial charge in [-0.1, -0.05) is 30.3 Å². The van der Waals surface area contributed by atoms with E-state index in [1.54, 1.807) is 18.3 Å². The van der Waals surface area contributed by atoms with Gasteiger partial charge < -0.3 is 14.5 Å². The van der Waals surface area contributed by atoms with Crippen LogP contribution in [0.4, 0.5) is 0 Å². The summed E-state index contributed by atoms with van der Waals surface area (Å²) in [6.45, 7) is 9.06. The van der Waals surface area contributed by atoms with Gasteiger partial charge in [-0.3, -0.25) is 14.5 Å². The van der Waals surface area contributed by atoms with Gasteiger partial charge >= 0.3 is 0 Å². The minimum Gasteiger partial charge on any atom is -0.473 e. The van der Waals surface area contributed by atoms with E-state index in [-0.39, 0.29) is 11.8 Å². The Hall–Kier alpha value is -2.93. The molecule has 166 valence electrons. The predicted octanol–water partition coefficient (Wildman–Crippen LogP) is 2.68. The normalized spacial score (nSPS) is 14.7. The van der Waals surface area contributed by atoms with Crippen molar-refractivity contribution in [3.05, 3.63) is 59.8 Å². The summed E-state index contributed by atoms with van der Waals surface area (Å²) in [7, 11) is 0. The van der Waals surface area contributed by atoms with Crippen molar-refractivity contribution in [3.63, 3.8) is 0 Å². The van der Waals surface area contributed by atoms with Crippen molar-refractivity contribution in [3.8, 4) is 5.88 Å². The first-order valence-corrected chi connectivity index (χ1v) is 11.0. The number of carbonyl (C=O) groups is 2. The van der Waals surface area contributed by atoms with Gasteiger partial charge in [0.15, 0.2) is 0 Å². The highest BCUT2D eigenvalue weighted by Gasteiger charge is 2.23. The molecule has 2 amide bonds. The van der Waals surface area contributed by atoms with Crippen molar-refractivity contribution >= 4 is 11.8 Å². The molecule has 1 fully saturated rings. The Balaban J connectivity index is 1.56. The molecule has 0 aliphatic carbocycles. The molecular weight excluding hydrogens is 392 g/mol. The third kappa shape index (κ3) is 6.52. The molecule has 1 aliphatic heterocycles. The molecule has 1 saturated heterocycles. The number of amides is 2. The number of nitrogens with zero attached hydrogens (tertiary/aromatic N) is 4. The lowest BCUT2D eigenvalue weighted by molar-refractivity contribution is -0.132. The number of pyridine rings is 1. The molecule has 2 heterocycles. The molecule has 2 aromatic rings. The van der Waals surface area contributed by atoms with E-state index < -0.39 is 0 Å². The van der Waals surface area contributed by atoms with Gasteiger partial charge in [0, 0.05) is 57.1 Å². The second kappa shape index (κ2) is 11.5. The van der Waals surface area contributed by atoms with Crippen molar-refractivity contribution < 1.29 is 14.3 Å². The summed E-state index contributed by atoms with van der Waals surface area (Å²) < 4.78 is 5.77. The minimum atomic E-state index is -0.0242. The highest BCUT2D eigenvalue weighted by Crippen LogP contribution is 2.15. The summed E-state index contributed by atoms with van der Waals surface area (Å²) in [6.07, 6.45) is 2.46. The van der Waals surface area contributed by atoms with Crippen LogP contribution in [0.1, 0.15) is 36.2 Å². The first kappa shape index (κ1) is 22.7. The van der Waals surface area contributed by atoms with Gasteiger partial charge in [-0.25, -0.2) is 4.98 Å². The highest BCUT2D eigenvalue weighted by molar-refractivity contribution is 5.94. The topological polar surface area (TPSA) is 66.0 Å². The quantitative estimate of drug-likeness (QED) is 0.652. The van der Waals surface area contributed by atoms with E-state index in [4.69, 9.17) is 4.74 Å². The Kier molecular flexibility index (Phi) is 8.41. The average Bonchev–Trinajstić information content (AvgIpc) is 3.04. The van der Waals surface area contributed by atoms with Crippen molar-refractivity contribution in [2.75, 3.05) is 45.8 Å². The summed E-state index contributed by atoms with van der Waals surface area (Å²) in [6, 6.07) is 13.3. The molecule has 7 nitrogen and oxygen atoms in total. The van der Waals surface area contributed by atoms with Crippen LogP contribution in [-0.2, 0) is 11.4 Å². The van der Waals surface area contributed by atoms with Crippen molar-refractivity contribution in [2.45, 2.75) is 26.9 Å². The minimum absolute atomic E-state index is 0.0242. The van der Waals surface area contributed by atoms with Crippen LogP contribution in [0.25, 0.3) is 0 Å². The van der Waals surface area contributed by atoms with Crippen LogP contribution < -0.4 is 4.74 Å². The zero-order chi connectivity index (χ0) is 22.1. The van der Waals surface area contributed by atoms with Gasteiger partial charge in [0.25, 0.3) is 5.91 Å². The summed E-state index contributed by atoms with van der Waals surface area (Å²) in [4.78, 5) is 35.6. The van der Waals surface area contributed by atoms with Gasteiger partial charge in [0.05, 0.1) is 6.54 Å². The van der Waals surface area contributed by atoms with Gasteiger partial charge in [0.2, 0.25) is 11.8 Å². The van der Waals surface area contributed by atoms with Crippen LogP contribution in [0.2, 0.25) is 0 Å². The van der Waals surface area contributed by atoms with Crippen LogP contribution in [0.15, 0.2) is 48.7 Å². The molecule has 0 atom stereocenters. The number of ether oxygens (including phenoxy) is 1. The fourth-order valence-electron chi connectivity index (χ4n) is 3.74. The maximum atomic E-state index is 13.1. The summed E-state index contributed by atoms with van der Waals surface area (Å²) in [5.74, 6) is 0.568. The van der Waals surface area contributed by atoms with Gasteiger partial charge in [-0.2, -0.15) is 0 Å². The third-order valence-corrected chi connectivity index (χ3v) is 5.56. The van der Waals surface area contributed by atoms with Crippen molar-refractivity contribution in [1.82, 2.24) is 19.7 Å². The molecule has 0 N–H and O–H groups in total. The van der Waals surface area contributed by atoms with Crippen LogP contribution in [0.3, 0.4) is 0 Å². The number of likely N-dealkylation sites (N-methyl/N-ethyl adjacent to an activating group) is 1. The number of aromatic nitrogens is 1. The molecule has 0 radical (unpaired) electrons. The van der Waals surface area contributed by atoms with Crippen LogP contribution >= 0.6 is 0 Å². The second-order valence-corrected chi connectivity index (χ2v) is 7.64. The number of benzene rings is 1. The van der Waals surface area contributed by atoms with E-state index in [0.29, 0.717) is 44.2 Å². The fraction of sp³-hybridized carbons (Fsp3) is 0.458. The van der Waals surface area contributed by atoms with E-state index in [1.165, 1.54) is 0 Å². The summed E-state index contributed by atoms with van der Waals surface area (Å²) in [5, 5.41) is 0.